The van der Waals surface area contributed by atoms with E-state index in [0.717, 1.165) is 0 Å². The van der Waals surface area contributed by atoms with Gasteiger partial charge in [-0.2, -0.15) is 4.98 Å². The molecule has 11 heteroatoms. The van der Waals surface area contributed by atoms with Crippen LogP contribution in [-0.2, 0) is 4.74 Å². The van der Waals surface area contributed by atoms with Crippen molar-refractivity contribution in [1.82, 2.24) is 20.4 Å². The minimum Gasteiger partial charge on any atom is -0.493 e. The molecule has 10 nitrogen and oxygen atoms in total. The van der Waals surface area contributed by atoms with Crippen molar-refractivity contribution >= 4 is 12.1 Å². The van der Waals surface area contributed by atoms with Crippen molar-refractivity contribution in [2.45, 2.75) is 40.2 Å². The Morgan fingerprint density at radius 2 is 1.81 bits per heavy atom. The van der Waals surface area contributed by atoms with E-state index < -0.39 is 18.1 Å². The summed E-state index contributed by atoms with van der Waals surface area (Å²) in [7, 11) is 1.38. The molecule has 192 valence electrons. The second-order valence-electron chi connectivity index (χ2n) is 8.87. The molecule has 0 spiro atoms. The monoisotopic (exact) mass is 500 g/mol. The lowest BCUT2D eigenvalue weighted by atomic mass is 10.0. The van der Waals surface area contributed by atoms with Crippen LogP contribution < -0.4 is 14.8 Å². The first-order chi connectivity index (χ1) is 17.2. The molecular weight excluding hydrogens is 471 g/mol. The van der Waals surface area contributed by atoms with Gasteiger partial charge in [0.15, 0.2) is 17.3 Å². The van der Waals surface area contributed by atoms with Crippen molar-refractivity contribution in [3.63, 3.8) is 0 Å². The highest BCUT2D eigenvalue weighted by Crippen LogP contribution is 2.31. The molecule has 1 amide bonds. The Bertz CT molecular complexity index is 1180. The van der Waals surface area contributed by atoms with Gasteiger partial charge in [0.2, 0.25) is 5.75 Å². The van der Waals surface area contributed by atoms with Crippen molar-refractivity contribution in [1.29, 1.82) is 0 Å². The highest BCUT2D eigenvalue weighted by Gasteiger charge is 2.27. The predicted molar refractivity (Wildman–Crippen MR) is 127 cm³/mol. The first-order valence-electron chi connectivity index (χ1n) is 11.5. The van der Waals surface area contributed by atoms with E-state index in [4.69, 9.17) is 18.7 Å². The molecule has 0 bridgehead atoms. The summed E-state index contributed by atoms with van der Waals surface area (Å²) in [5.74, 6) is -0.391. The fraction of sp³-hybridized carbons (Fsp3) is 0.400. The number of aromatic nitrogens is 3. The molecule has 1 atom stereocenters. The number of nitrogens with zero attached hydrogens (tertiary/aromatic N) is 3. The second kappa shape index (κ2) is 12.1. The van der Waals surface area contributed by atoms with Crippen LogP contribution in [0.15, 0.2) is 41.1 Å². The summed E-state index contributed by atoms with van der Waals surface area (Å²) in [6.45, 7) is 7.86. The molecule has 0 aliphatic rings. The van der Waals surface area contributed by atoms with Gasteiger partial charge in [-0.25, -0.2) is 14.2 Å². The quantitative estimate of drug-likeness (QED) is 0.384. The first-order valence-corrected chi connectivity index (χ1v) is 11.5. The number of hydrogen-bond donors (Lipinski definition) is 1. The molecule has 0 unspecified atom stereocenters. The number of carbonyl (C=O) groups excluding carboxylic acids is 2. The Balaban J connectivity index is 1.85. The minimum atomic E-state index is -0.982. The van der Waals surface area contributed by atoms with Crippen molar-refractivity contribution < 1.29 is 32.7 Å². The number of nitrogens with one attached hydrogen (secondary N) is 1. The van der Waals surface area contributed by atoms with Gasteiger partial charge >= 0.3 is 6.16 Å². The third-order valence-corrected chi connectivity index (χ3v) is 4.88. The van der Waals surface area contributed by atoms with E-state index in [0.29, 0.717) is 12.0 Å². The average molecular weight is 501 g/mol. The van der Waals surface area contributed by atoms with E-state index in [1.54, 1.807) is 0 Å². The van der Waals surface area contributed by atoms with E-state index in [1.807, 2.05) is 27.7 Å². The number of methoxy groups -OCH3 is 1. The van der Waals surface area contributed by atoms with Gasteiger partial charge in [0.05, 0.1) is 19.8 Å². The lowest BCUT2D eigenvalue weighted by molar-refractivity contribution is 0.0849. The zero-order chi connectivity index (χ0) is 26.2. The maximum Gasteiger partial charge on any atom is 0.514 e. The lowest BCUT2D eigenvalue weighted by Gasteiger charge is -2.18. The van der Waals surface area contributed by atoms with Gasteiger partial charge in [0, 0.05) is 17.8 Å². The Labute approximate surface area is 208 Å². The summed E-state index contributed by atoms with van der Waals surface area (Å²) in [4.78, 5) is 34.0. The standard InChI is InChI=1S/C25H29FN4O6/c1-14(2)12-18(22-29-24(36-30-22)16-6-8-17(26)9-7-16)28-23(31)20-21(19(33-5)10-11-27-20)35-25(32)34-13-15(3)4/h6-11,14-15,18H,12-13H2,1-5H3,(H,28,31)/t18-/m0/s1. The van der Waals surface area contributed by atoms with Gasteiger partial charge < -0.3 is 24.1 Å². The van der Waals surface area contributed by atoms with Gasteiger partial charge in [-0.05, 0) is 42.5 Å². The van der Waals surface area contributed by atoms with E-state index >= 15 is 0 Å². The van der Waals surface area contributed by atoms with Crippen molar-refractivity contribution in [3.8, 4) is 23.0 Å². The molecule has 0 saturated carbocycles. The molecule has 2 heterocycles. The molecule has 36 heavy (non-hydrogen) atoms. The fourth-order valence-corrected chi connectivity index (χ4v) is 3.21. The van der Waals surface area contributed by atoms with E-state index in [-0.39, 0.29) is 53.2 Å². The summed E-state index contributed by atoms with van der Waals surface area (Å²) in [6.07, 6.45) is 0.855. The number of carbonyl (C=O) groups is 2. The molecule has 0 fully saturated rings. The largest absolute Gasteiger partial charge is 0.514 e. The molecule has 3 aromatic rings. The second-order valence-corrected chi connectivity index (χ2v) is 8.87. The Morgan fingerprint density at radius 1 is 1.08 bits per heavy atom. The highest BCUT2D eigenvalue weighted by atomic mass is 19.1. The number of rotatable bonds is 10. The summed E-state index contributed by atoms with van der Waals surface area (Å²) in [5, 5.41) is 6.85. The topological polar surface area (TPSA) is 126 Å². The van der Waals surface area contributed by atoms with Gasteiger partial charge in [0.1, 0.15) is 5.82 Å². The Hall–Kier alpha value is -4.02. The fourth-order valence-electron chi connectivity index (χ4n) is 3.21. The van der Waals surface area contributed by atoms with Crippen molar-refractivity contribution in [3.05, 3.63) is 53.9 Å². The lowest BCUT2D eigenvalue weighted by Crippen LogP contribution is -2.31. The number of pyridine rings is 1. The number of benzene rings is 1. The van der Waals surface area contributed by atoms with Crippen LogP contribution in [0.5, 0.6) is 11.5 Å². The van der Waals surface area contributed by atoms with Crippen LogP contribution >= 0.6 is 0 Å². The SMILES string of the molecule is COc1ccnc(C(=O)N[C@@H](CC(C)C)c2noc(-c3ccc(F)cc3)n2)c1OC(=O)OCC(C)C. The van der Waals surface area contributed by atoms with Crippen LogP contribution in [0.3, 0.4) is 0 Å². The molecule has 1 aromatic carbocycles. The van der Waals surface area contributed by atoms with Gasteiger partial charge in [-0.15, -0.1) is 0 Å². The molecule has 2 aromatic heterocycles. The maximum absolute atomic E-state index is 13.3. The maximum atomic E-state index is 13.3. The third kappa shape index (κ3) is 7.00. The van der Waals surface area contributed by atoms with Gasteiger partial charge in [0.25, 0.3) is 11.8 Å². The smallest absolute Gasteiger partial charge is 0.493 e. The molecule has 1 N–H and O–H groups in total. The Kier molecular flexibility index (Phi) is 8.93. The number of hydrogen-bond acceptors (Lipinski definition) is 9. The predicted octanol–water partition coefficient (Wildman–Crippen LogP) is 4.97. The van der Waals surface area contributed by atoms with Crippen LogP contribution in [0.2, 0.25) is 0 Å². The van der Waals surface area contributed by atoms with Crippen LogP contribution in [-0.4, -0.2) is 40.9 Å². The Morgan fingerprint density at radius 3 is 2.44 bits per heavy atom. The molecule has 0 aliphatic carbocycles. The zero-order valence-electron chi connectivity index (χ0n) is 20.8. The summed E-state index contributed by atoms with van der Waals surface area (Å²) < 4.78 is 34.2. The van der Waals surface area contributed by atoms with Gasteiger partial charge in [-0.3, -0.25) is 4.79 Å². The van der Waals surface area contributed by atoms with E-state index in [2.05, 4.69) is 20.4 Å². The van der Waals surface area contributed by atoms with Crippen LogP contribution in [0.25, 0.3) is 11.5 Å². The number of halogens is 1. The van der Waals surface area contributed by atoms with Crippen LogP contribution in [0.1, 0.15) is 56.5 Å². The normalized spacial score (nSPS) is 11.9. The molecule has 3 rings (SSSR count). The summed E-state index contributed by atoms with van der Waals surface area (Å²) >= 11 is 0. The van der Waals surface area contributed by atoms with Crippen LogP contribution in [0, 0.1) is 17.7 Å². The van der Waals surface area contributed by atoms with Crippen molar-refractivity contribution in [2.24, 2.45) is 11.8 Å². The first kappa shape index (κ1) is 26.6. The summed E-state index contributed by atoms with van der Waals surface area (Å²) in [6, 6.07) is 6.42. The van der Waals surface area contributed by atoms with Crippen LogP contribution in [0.4, 0.5) is 9.18 Å². The summed E-state index contributed by atoms with van der Waals surface area (Å²) in [5.41, 5.74) is 0.363. The van der Waals surface area contributed by atoms with Gasteiger partial charge in [-0.1, -0.05) is 32.9 Å². The van der Waals surface area contributed by atoms with Crippen molar-refractivity contribution in [2.75, 3.05) is 13.7 Å². The number of ether oxygens (including phenoxy) is 3. The van der Waals surface area contributed by atoms with E-state index in [9.17, 15) is 14.0 Å². The molecular formula is C25H29FN4O6. The number of amides is 1. The zero-order valence-corrected chi connectivity index (χ0v) is 20.8. The van der Waals surface area contributed by atoms with E-state index in [1.165, 1.54) is 43.6 Å². The highest BCUT2D eigenvalue weighted by molar-refractivity contribution is 5.96. The molecule has 0 saturated heterocycles. The minimum absolute atomic E-state index is 0.0997. The third-order valence-electron chi connectivity index (χ3n) is 4.88. The molecule has 0 aliphatic heterocycles. The molecule has 0 radical (unpaired) electrons. The average Bonchev–Trinajstić information content (AvgIpc) is 3.33.